The first-order valence-electron chi connectivity index (χ1n) is 3.63. The molecule has 0 aliphatic rings. The van der Waals surface area contributed by atoms with Gasteiger partial charge in [-0.1, -0.05) is 6.07 Å². The molecule has 1 aromatic carbocycles. The Bertz CT molecular complexity index is 334. The SMILES string of the molecule is Cc1ccc(C(O)=S)c(C)c1N. The monoisotopic (exact) mass is 181 g/mol. The number of aliphatic hydroxyl groups is 1. The second kappa shape index (κ2) is 3.11. The van der Waals surface area contributed by atoms with Crippen molar-refractivity contribution in [3.8, 4) is 0 Å². The normalized spacial score (nSPS) is 9.83. The highest BCUT2D eigenvalue weighted by molar-refractivity contribution is 7.80. The van der Waals surface area contributed by atoms with E-state index in [2.05, 4.69) is 12.2 Å². The summed E-state index contributed by atoms with van der Waals surface area (Å²) >= 11 is 4.65. The summed E-state index contributed by atoms with van der Waals surface area (Å²) in [7, 11) is 0. The van der Waals surface area contributed by atoms with Gasteiger partial charge in [-0.3, -0.25) is 0 Å². The van der Waals surface area contributed by atoms with Crippen molar-refractivity contribution < 1.29 is 5.11 Å². The highest BCUT2D eigenvalue weighted by Gasteiger charge is 2.06. The zero-order valence-electron chi connectivity index (χ0n) is 7.09. The molecular formula is C9H11NOS. The molecule has 1 aromatic rings. The number of rotatable bonds is 1. The van der Waals surface area contributed by atoms with Crippen molar-refractivity contribution in [2.45, 2.75) is 13.8 Å². The van der Waals surface area contributed by atoms with E-state index in [1.807, 2.05) is 19.9 Å². The Labute approximate surface area is 77.0 Å². The second-order valence-electron chi connectivity index (χ2n) is 2.77. The van der Waals surface area contributed by atoms with Crippen LogP contribution in [0.5, 0.6) is 0 Å². The molecule has 0 aliphatic carbocycles. The van der Waals surface area contributed by atoms with E-state index in [-0.39, 0.29) is 5.05 Å². The molecule has 1 rings (SSSR count). The number of thiocarbonyl (C=S) groups is 1. The van der Waals surface area contributed by atoms with Crippen LogP contribution in [-0.4, -0.2) is 10.2 Å². The van der Waals surface area contributed by atoms with Crippen LogP contribution in [0.4, 0.5) is 5.69 Å². The lowest BCUT2D eigenvalue weighted by atomic mass is 10.0. The maximum atomic E-state index is 9.10. The highest BCUT2D eigenvalue weighted by atomic mass is 32.1. The lowest BCUT2D eigenvalue weighted by Crippen LogP contribution is -2.02. The average molecular weight is 181 g/mol. The number of aryl methyl sites for hydroxylation is 1. The van der Waals surface area contributed by atoms with Gasteiger partial charge < -0.3 is 10.8 Å². The Balaban J connectivity index is 3.36. The molecule has 0 heterocycles. The van der Waals surface area contributed by atoms with E-state index in [1.54, 1.807) is 6.07 Å². The molecule has 0 saturated heterocycles. The molecule has 0 atom stereocenters. The fourth-order valence-corrected chi connectivity index (χ4v) is 1.32. The molecule has 0 fully saturated rings. The van der Waals surface area contributed by atoms with Gasteiger partial charge in [-0.15, -0.1) is 0 Å². The number of benzene rings is 1. The van der Waals surface area contributed by atoms with Gasteiger partial charge in [-0.25, -0.2) is 0 Å². The third-order valence-electron chi connectivity index (χ3n) is 1.96. The van der Waals surface area contributed by atoms with Crippen LogP contribution in [0, 0.1) is 13.8 Å². The van der Waals surface area contributed by atoms with Gasteiger partial charge in [-0.2, -0.15) is 0 Å². The third-order valence-corrected chi connectivity index (χ3v) is 2.18. The van der Waals surface area contributed by atoms with E-state index in [0.717, 1.165) is 11.1 Å². The summed E-state index contributed by atoms with van der Waals surface area (Å²) in [5.74, 6) is 0. The maximum absolute atomic E-state index is 9.10. The number of anilines is 1. The summed E-state index contributed by atoms with van der Waals surface area (Å²) in [5, 5.41) is 9.00. The standard InChI is InChI=1S/C9H11NOS/c1-5-3-4-7(9(11)12)6(2)8(5)10/h3-4H,10H2,1-2H3,(H,11,12). The van der Waals surface area contributed by atoms with Gasteiger partial charge in [0.25, 0.3) is 0 Å². The zero-order chi connectivity index (χ0) is 9.30. The minimum absolute atomic E-state index is 0.0980. The Hall–Kier alpha value is -1.09. The summed E-state index contributed by atoms with van der Waals surface area (Å²) in [4.78, 5) is 0. The molecule has 0 aliphatic heterocycles. The topological polar surface area (TPSA) is 46.2 Å². The fraction of sp³-hybridized carbons (Fsp3) is 0.222. The van der Waals surface area contributed by atoms with Gasteiger partial charge >= 0.3 is 0 Å². The minimum atomic E-state index is -0.0980. The molecule has 0 unspecified atom stereocenters. The van der Waals surface area contributed by atoms with Crippen LogP contribution >= 0.6 is 12.2 Å². The lowest BCUT2D eigenvalue weighted by molar-refractivity contribution is 0.570. The van der Waals surface area contributed by atoms with E-state index in [0.29, 0.717) is 11.3 Å². The van der Waals surface area contributed by atoms with Crippen LogP contribution in [0.3, 0.4) is 0 Å². The van der Waals surface area contributed by atoms with Crippen LogP contribution in [0.15, 0.2) is 12.1 Å². The van der Waals surface area contributed by atoms with Gasteiger partial charge in [0.2, 0.25) is 0 Å². The van der Waals surface area contributed by atoms with Crippen molar-refractivity contribution in [1.29, 1.82) is 0 Å². The van der Waals surface area contributed by atoms with Crippen LogP contribution in [0.1, 0.15) is 16.7 Å². The summed E-state index contributed by atoms with van der Waals surface area (Å²) in [5.41, 5.74) is 8.95. The Morgan fingerprint density at radius 2 is 2.00 bits per heavy atom. The largest absolute Gasteiger partial charge is 0.499 e. The molecule has 3 heteroatoms. The molecule has 0 amide bonds. The van der Waals surface area contributed by atoms with E-state index in [9.17, 15) is 0 Å². The Kier molecular flexibility index (Phi) is 2.33. The molecule has 0 aromatic heterocycles. The van der Waals surface area contributed by atoms with Crippen molar-refractivity contribution in [3.63, 3.8) is 0 Å². The van der Waals surface area contributed by atoms with Crippen molar-refractivity contribution in [2.24, 2.45) is 0 Å². The van der Waals surface area contributed by atoms with Crippen LogP contribution in [-0.2, 0) is 0 Å². The molecule has 64 valence electrons. The molecule has 0 radical (unpaired) electrons. The lowest BCUT2D eigenvalue weighted by Gasteiger charge is -2.08. The predicted molar refractivity (Wildman–Crippen MR) is 54.7 cm³/mol. The van der Waals surface area contributed by atoms with Crippen molar-refractivity contribution in [2.75, 3.05) is 5.73 Å². The molecule has 0 saturated carbocycles. The quantitative estimate of drug-likeness (QED) is 0.515. The first kappa shape index (κ1) is 9.00. The Morgan fingerprint density at radius 1 is 1.42 bits per heavy atom. The van der Waals surface area contributed by atoms with Crippen molar-refractivity contribution in [3.05, 3.63) is 28.8 Å². The molecular weight excluding hydrogens is 170 g/mol. The van der Waals surface area contributed by atoms with E-state index in [4.69, 9.17) is 10.8 Å². The molecule has 0 bridgehead atoms. The second-order valence-corrected chi connectivity index (χ2v) is 3.16. The predicted octanol–water partition coefficient (Wildman–Crippen LogP) is 2.12. The summed E-state index contributed by atoms with van der Waals surface area (Å²) < 4.78 is 0. The zero-order valence-corrected chi connectivity index (χ0v) is 7.90. The first-order valence-corrected chi connectivity index (χ1v) is 4.04. The number of aliphatic hydroxyl groups excluding tert-OH is 1. The number of hydrogen-bond acceptors (Lipinski definition) is 2. The van der Waals surface area contributed by atoms with E-state index >= 15 is 0 Å². The van der Waals surface area contributed by atoms with Crippen LogP contribution in [0.2, 0.25) is 0 Å². The molecule has 2 nitrogen and oxygen atoms in total. The molecule has 12 heavy (non-hydrogen) atoms. The summed E-state index contributed by atoms with van der Waals surface area (Å²) in [6.07, 6.45) is 0. The van der Waals surface area contributed by atoms with Crippen LogP contribution < -0.4 is 5.73 Å². The number of hydrogen-bond donors (Lipinski definition) is 2. The van der Waals surface area contributed by atoms with E-state index < -0.39 is 0 Å². The van der Waals surface area contributed by atoms with Gasteiger partial charge in [0, 0.05) is 11.3 Å². The summed E-state index contributed by atoms with van der Waals surface area (Å²) in [6, 6.07) is 3.63. The van der Waals surface area contributed by atoms with E-state index in [1.165, 1.54) is 0 Å². The molecule has 0 spiro atoms. The third kappa shape index (κ3) is 1.41. The fourth-order valence-electron chi connectivity index (χ4n) is 1.10. The van der Waals surface area contributed by atoms with Gasteiger partial charge in [0.15, 0.2) is 5.05 Å². The first-order chi connectivity index (χ1) is 5.54. The number of nitrogen functional groups attached to an aromatic ring is 1. The van der Waals surface area contributed by atoms with Gasteiger partial charge in [0.1, 0.15) is 0 Å². The maximum Gasteiger partial charge on any atom is 0.188 e. The minimum Gasteiger partial charge on any atom is -0.499 e. The number of nitrogens with two attached hydrogens (primary N) is 1. The van der Waals surface area contributed by atoms with Gasteiger partial charge in [-0.05, 0) is 43.3 Å². The Morgan fingerprint density at radius 3 is 2.50 bits per heavy atom. The smallest absolute Gasteiger partial charge is 0.188 e. The summed E-state index contributed by atoms with van der Waals surface area (Å²) in [6.45, 7) is 3.77. The van der Waals surface area contributed by atoms with Crippen molar-refractivity contribution in [1.82, 2.24) is 0 Å². The highest BCUT2D eigenvalue weighted by Crippen LogP contribution is 2.20. The van der Waals surface area contributed by atoms with Crippen molar-refractivity contribution >= 4 is 23.0 Å². The molecule has 3 N–H and O–H groups in total. The van der Waals surface area contributed by atoms with Gasteiger partial charge in [0.05, 0.1) is 0 Å². The van der Waals surface area contributed by atoms with Crippen LogP contribution in [0.25, 0.3) is 0 Å². The average Bonchev–Trinajstić information content (AvgIpc) is 2.00.